The van der Waals surface area contributed by atoms with Crippen LogP contribution in [0.1, 0.15) is 19.8 Å². The molecule has 0 amide bonds. The Bertz CT molecular complexity index is 539. The van der Waals surface area contributed by atoms with E-state index in [0.29, 0.717) is 51.5 Å². The van der Waals surface area contributed by atoms with Crippen molar-refractivity contribution in [3.63, 3.8) is 0 Å². The summed E-state index contributed by atoms with van der Waals surface area (Å²) in [6, 6.07) is -0.0864. The number of rotatable bonds is 8. The third-order valence-corrected chi connectivity index (χ3v) is 5.32. The van der Waals surface area contributed by atoms with Gasteiger partial charge in [-0.2, -0.15) is 13.2 Å². The highest BCUT2D eigenvalue weighted by Crippen LogP contribution is 2.19. The van der Waals surface area contributed by atoms with Crippen molar-refractivity contribution in [2.24, 2.45) is 4.99 Å². The first-order valence-electron chi connectivity index (χ1n) is 8.26. The lowest BCUT2D eigenvalue weighted by molar-refractivity contribution is -0.143. The van der Waals surface area contributed by atoms with E-state index in [1.165, 1.54) is 15.5 Å². The van der Waals surface area contributed by atoms with Gasteiger partial charge in [-0.3, -0.25) is 9.89 Å². The summed E-state index contributed by atoms with van der Waals surface area (Å²) in [5.74, 6) is 0.515. The smallest absolute Gasteiger partial charge is 0.356 e. The van der Waals surface area contributed by atoms with Crippen molar-refractivity contribution in [2.45, 2.75) is 32.0 Å². The van der Waals surface area contributed by atoms with E-state index in [2.05, 4.69) is 15.6 Å². The molecule has 1 heterocycles. The number of hydrogen-bond donors (Lipinski definition) is 2. The standard InChI is InChI=1S/C14H28F3N5O2S/c1-4-22(25(3,23)24)8-5-7-19-13(18-2)20-12-6-9-21(10-12)11-14(15,16)17/h12H,4-11H2,1-3H3,(H2,18,19,20). The van der Waals surface area contributed by atoms with Gasteiger partial charge in [0.1, 0.15) is 0 Å². The van der Waals surface area contributed by atoms with Crippen LogP contribution in [0.2, 0.25) is 0 Å². The molecule has 0 aromatic rings. The molecule has 2 N–H and O–H groups in total. The van der Waals surface area contributed by atoms with Crippen LogP contribution in [0, 0.1) is 0 Å². The maximum Gasteiger partial charge on any atom is 0.401 e. The van der Waals surface area contributed by atoms with Crippen LogP contribution < -0.4 is 10.6 Å². The number of sulfonamides is 1. The topological polar surface area (TPSA) is 77.0 Å². The highest BCUT2D eigenvalue weighted by molar-refractivity contribution is 7.88. The first-order valence-corrected chi connectivity index (χ1v) is 10.1. The van der Waals surface area contributed by atoms with Crippen LogP contribution in [0.3, 0.4) is 0 Å². The molecular weight excluding hydrogens is 359 g/mol. The second-order valence-electron chi connectivity index (χ2n) is 6.09. The third kappa shape index (κ3) is 8.73. The molecule has 1 rings (SSSR count). The molecule has 25 heavy (non-hydrogen) atoms. The summed E-state index contributed by atoms with van der Waals surface area (Å²) in [6.45, 7) is 2.94. The van der Waals surface area contributed by atoms with E-state index < -0.39 is 22.7 Å². The zero-order valence-electron chi connectivity index (χ0n) is 14.9. The Morgan fingerprint density at radius 3 is 2.60 bits per heavy atom. The van der Waals surface area contributed by atoms with Gasteiger partial charge in [-0.05, 0) is 12.8 Å². The molecule has 1 aliphatic rings. The number of hydrogen-bond acceptors (Lipinski definition) is 4. The molecule has 1 aliphatic heterocycles. The molecule has 1 saturated heterocycles. The Morgan fingerprint density at radius 1 is 1.40 bits per heavy atom. The minimum Gasteiger partial charge on any atom is -0.356 e. The average Bonchev–Trinajstić information content (AvgIpc) is 2.89. The predicted octanol–water partition coefficient (Wildman–Crippen LogP) is 0.460. The Morgan fingerprint density at radius 2 is 2.08 bits per heavy atom. The van der Waals surface area contributed by atoms with E-state index in [4.69, 9.17) is 0 Å². The van der Waals surface area contributed by atoms with E-state index in [0.717, 1.165) is 0 Å². The van der Waals surface area contributed by atoms with Crippen LogP contribution in [0.15, 0.2) is 4.99 Å². The largest absolute Gasteiger partial charge is 0.401 e. The summed E-state index contributed by atoms with van der Waals surface area (Å²) in [7, 11) is -1.61. The number of guanidine groups is 1. The molecule has 0 aromatic heterocycles. The number of nitrogens with zero attached hydrogens (tertiary/aromatic N) is 3. The second kappa shape index (κ2) is 9.58. The maximum absolute atomic E-state index is 12.4. The number of alkyl halides is 3. The summed E-state index contributed by atoms with van der Waals surface area (Å²) < 4.78 is 61.6. The van der Waals surface area contributed by atoms with E-state index >= 15 is 0 Å². The normalized spacial score (nSPS) is 20.3. The lowest BCUT2D eigenvalue weighted by Crippen LogP contribution is -2.45. The molecular formula is C14H28F3N5O2S. The Balaban J connectivity index is 2.32. The van der Waals surface area contributed by atoms with Gasteiger partial charge in [-0.15, -0.1) is 0 Å². The van der Waals surface area contributed by atoms with Crippen LogP contribution in [-0.2, 0) is 10.0 Å². The van der Waals surface area contributed by atoms with Gasteiger partial charge in [0.05, 0.1) is 12.8 Å². The van der Waals surface area contributed by atoms with Crippen LogP contribution in [-0.4, -0.2) is 88.4 Å². The predicted molar refractivity (Wildman–Crippen MR) is 92.1 cm³/mol. The number of nitrogens with one attached hydrogen (secondary N) is 2. The molecule has 0 bridgehead atoms. The molecule has 7 nitrogen and oxygen atoms in total. The molecule has 1 unspecified atom stereocenters. The quantitative estimate of drug-likeness (QED) is 0.360. The minimum atomic E-state index is -4.18. The van der Waals surface area contributed by atoms with E-state index in [1.54, 1.807) is 14.0 Å². The maximum atomic E-state index is 12.4. The molecule has 0 radical (unpaired) electrons. The van der Waals surface area contributed by atoms with Gasteiger partial charge >= 0.3 is 6.18 Å². The monoisotopic (exact) mass is 387 g/mol. The Hall–Kier alpha value is -1.07. The van der Waals surface area contributed by atoms with Gasteiger partial charge in [0.25, 0.3) is 0 Å². The van der Waals surface area contributed by atoms with Crippen molar-refractivity contribution in [2.75, 3.05) is 52.6 Å². The van der Waals surface area contributed by atoms with E-state index in [9.17, 15) is 21.6 Å². The Kier molecular flexibility index (Phi) is 8.42. The number of likely N-dealkylation sites (tertiary alicyclic amines) is 1. The van der Waals surface area contributed by atoms with Crippen molar-refractivity contribution in [1.82, 2.24) is 19.8 Å². The second-order valence-corrected chi connectivity index (χ2v) is 8.07. The molecule has 1 fully saturated rings. The lowest BCUT2D eigenvalue weighted by Gasteiger charge is -2.20. The van der Waals surface area contributed by atoms with Gasteiger partial charge in [0.15, 0.2) is 5.96 Å². The summed E-state index contributed by atoms with van der Waals surface area (Å²) in [4.78, 5) is 5.43. The van der Waals surface area contributed by atoms with Crippen LogP contribution in [0.4, 0.5) is 13.2 Å². The fourth-order valence-corrected chi connectivity index (χ4v) is 3.69. The molecule has 0 aliphatic carbocycles. The average molecular weight is 387 g/mol. The summed E-state index contributed by atoms with van der Waals surface area (Å²) in [6.07, 6.45) is -1.78. The van der Waals surface area contributed by atoms with Crippen LogP contribution >= 0.6 is 0 Å². The van der Waals surface area contributed by atoms with E-state index in [1.807, 2.05) is 0 Å². The van der Waals surface area contributed by atoms with Crippen molar-refractivity contribution >= 4 is 16.0 Å². The summed E-state index contributed by atoms with van der Waals surface area (Å²) >= 11 is 0. The van der Waals surface area contributed by atoms with Crippen LogP contribution in [0.5, 0.6) is 0 Å². The fraction of sp³-hybridized carbons (Fsp3) is 0.929. The first-order chi connectivity index (χ1) is 11.5. The summed E-state index contributed by atoms with van der Waals surface area (Å²) in [5, 5.41) is 6.18. The molecule has 1 atom stereocenters. The number of aliphatic imine (C=N–C) groups is 1. The molecule has 11 heteroatoms. The van der Waals surface area contributed by atoms with Crippen LogP contribution in [0.25, 0.3) is 0 Å². The van der Waals surface area contributed by atoms with E-state index in [-0.39, 0.29) is 6.04 Å². The van der Waals surface area contributed by atoms with Crippen molar-refractivity contribution in [1.29, 1.82) is 0 Å². The van der Waals surface area contributed by atoms with Gasteiger partial charge in [-0.25, -0.2) is 12.7 Å². The van der Waals surface area contributed by atoms with Gasteiger partial charge in [0.2, 0.25) is 10.0 Å². The molecule has 148 valence electrons. The minimum absolute atomic E-state index is 0.0864. The van der Waals surface area contributed by atoms with Gasteiger partial charge < -0.3 is 10.6 Å². The zero-order valence-corrected chi connectivity index (χ0v) is 15.8. The Labute approximate surface area is 147 Å². The third-order valence-electron chi connectivity index (χ3n) is 3.94. The van der Waals surface area contributed by atoms with Crippen molar-refractivity contribution in [3.05, 3.63) is 0 Å². The fourth-order valence-electron chi connectivity index (χ4n) is 2.76. The van der Waals surface area contributed by atoms with Gasteiger partial charge in [-0.1, -0.05) is 6.92 Å². The lowest BCUT2D eigenvalue weighted by atomic mass is 10.3. The van der Waals surface area contributed by atoms with Gasteiger partial charge in [0, 0.05) is 45.8 Å². The highest BCUT2D eigenvalue weighted by atomic mass is 32.2. The van der Waals surface area contributed by atoms with Crippen molar-refractivity contribution < 1.29 is 21.6 Å². The first kappa shape index (κ1) is 22.0. The zero-order chi connectivity index (χ0) is 19.1. The molecule has 0 saturated carbocycles. The van der Waals surface area contributed by atoms with Crippen molar-refractivity contribution in [3.8, 4) is 0 Å². The SMILES string of the molecule is CCN(CCCNC(=NC)NC1CCN(CC(F)(F)F)C1)S(C)(=O)=O. The summed E-state index contributed by atoms with van der Waals surface area (Å²) in [5.41, 5.74) is 0. The molecule has 0 spiro atoms. The molecule has 0 aromatic carbocycles. The highest BCUT2D eigenvalue weighted by Gasteiger charge is 2.34. The number of halogens is 3.